The maximum absolute atomic E-state index is 11.6. The standard InChI is InChI=1S/C17H20ClNO3S/c1-3-21-16(20)11-15-12(2)19-17(23-15)13-5-7-14(8-6-13)22-10-4-9-18/h5-8H,3-4,9-11H2,1-2H3. The van der Waals surface area contributed by atoms with Crippen LogP contribution in [0, 0.1) is 6.92 Å². The Morgan fingerprint density at radius 3 is 2.70 bits per heavy atom. The number of halogens is 1. The molecule has 23 heavy (non-hydrogen) atoms. The van der Waals surface area contributed by atoms with E-state index in [4.69, 9.17) is 21.1 Å². The average Bonchev–Trinajstić information content (AvgIpc) is 2.89. The Labute approximate surface area is 145 Å². The summed E-state index contributed by atoms with van der Waals surface area (Å²) >= 11 is 7.15. The van der Waals surface area contributed by atoms with E-state index >= 15 is 0 Å². The number of carbonyl (C=O) groups is 1. The van der Waals surface area contributed by atoms with E-state index in [0.717, 1.165) is 33.3 Å². The second kappa shape index (κ2) is 8.89. The molecular formula is C17H20ClNO3S. The first-order valence-electron chi connectivity index (χ1n) is 7.55. The molecule has 124 valence electrons. The minimum Gasteiger partial charge on any atom is -0.494 e. The third-order valence-corrected chi connectivity index (χ3v) is 4.62. The molecule has 0 bridgehead atoms. The van der Waals surface area contributed by atoms with Crippen molar-refractivity contribution in [1.29, 1.82) is 0 Å². The van der Waals surface area contributed by atoms with Crippen LogP contribution in [-0.2, 0) is 16.0 Å². The van der Waals surface area contributed by atoms with Crippen LogP contribution in [0.15, 0.2) is 24.3 Å². The summed E-state index contributed by atoms with van der Waals surface area (Å²) in [6, 6.07) is 7.79. The van der Waals surface area contributed by atoms with Gasteiger partial charge in [-0.3, -0.25) is 4.79 Å². The van der Waals surface area contributed by atoms with E-state index in [9.17, 15) is 4.79 Å². The molecule has 0 saturated heterocycles. The highest BCUT2D eigenvalue weighted by molar-refractivity contribution is 7.15. The zero-order valence-corrected chi connectivity index (χ0v) is 14.9. The molecule has 0 aliphatic heterocycles. The van der Waals surface area contributed by atoms with E-state index in [1.54, 1.807) is 6.92 Å². The Morgan fingerprint density at radius 2 is 2.04 bits per heavy atom. The molecule has 0 unspecified atom stereocenters. The minimum atomic E-state index is -0.214. The van der Waals surface area contributed by atoms with Crippen molar-refractivity contribution >= 4 is 28.9 Å². The molecule has 0 spiro atoms. The molecule has 1 aromatic heterocycles. The van der Waals surface area contributed by atoms with E-state index in [-0.39, 0.29) is 12.4 Å². The molecule has 0 aliphatic carbocycles. The quantitative estimate of drug-likeness (QED) is 0.405. The Bertz CT molecular complexity index is 640. The van der Waals surface area contributed by atoms with E-state index in [2.05, 4.69) is 4.98 Å². The highest BCUT2D eigenvalue weighted by atomic mass is 35.5. The Hall–Kier alpha value is -1.59. The molecule has 1 heterocycles. The Morgan fingerprint density at radius 1 is 1.30 bits per heavy atom. The summed E-state index contributed by atoms with van der Waals surface area (Å²) in [4.78, 5) is 17.1. The van der Waals surface area contributed by atoms with Crippen LogP contribution < -0.4 is 4.74 Å². The van der Waals surface area contributed by atoms with Gasteiger partial charge in [-0.05, 0) is 44.5 Å². The average molecular weight is 354 g/mol. The first kappa shape index (κ1) is 17.8. The summed E-state index contributed by atoms with van der Waals surface area (Å²) in [6.45, 7) is 4.73. The monoisotopic (exact) mass is 353 g/mol. The van der Waals surface area contributed by atoms with Gasteiger partial charge in [0.25, 0.3) is 0 Å². The van der Waals surface area contributed by atoms with Crippen molar-refractivity contribution < 1.29 is 14.3 Å². The van der Waals surface area contributed by atoms with Crippen LogP contribution in [0.1, 0.15) is 23.9 Å². The van der Waals surface area contributed by atoms with Crippen LogP contribution in [0.5, 0.6) is 5.75 Å². The number of hydrogen-bond donors (Lipinski definition) is 0. The molecule has 0 atom stereocenters. The molecular weight excluding hydrogens is 334 g/mol. The van der Waals surface area contributed by atoms with Crippen molar-refractivity contribution in [3.8, 4) is 16.3 Å². The molecule has 0 aliphatic rings. The number of benzene rings is 1. The molecule has 2 rings (SSSR count). The fraction of sp³-hybridized carbons (Fsp3) is 0.412. The molecule has 0 amide bonds. The highest BCUT2D eigenvalue weighted by Crippen LogP contribution is 2.29. The normalized spacial score (nSPS) is 10.6. The number of aromatic nitrogens is 1. The number of nitrogens with zero attached hydrogens (tertiary/aromatic N) is 1. The van der Waals surface area contributed by atoms with Gasteiger partial charge in [-0.1, -0.05) is 0 Å². The van der Waals surface area contributed by atoms with Crippen molar-refractivity contribution in [3.63, 3.8) is 0 Å². The van der Waals surface area contributed by atoms with Crippen LogP contribution >= 0.6 is 22.9 Å². The first-order chi connectivity index (χ1) is 11.1. The maximum atomic E-state index is 11.6. The predicted molar refractivity (Wildman–Crippen MR) is 93.5 cm³/mol. The lowest BCUT2D eigenvalue weighted by atomic mass is 10.2. The van der Waals surface area contributed by atoms with E-state index in [1.807, 2.05) is 31.2 Å². The van der Waals surface area contributed by atoms with Gasteiger partial charge in [0.05, 0.1) is 25.3 Å². The number of alkyl halides is 1. The van der Waals surface area contributed by atoms with Gasteiger partial charge in [-0.25, -0.2) is 4.98 Å². The summed E-state index contributed by atoms with van der Waals surface area (Å²) in [5, 5.41) is 0.897. The number of hydrogen-bond acceptors (Lipinski definition) is 5. The SMILES string of the molecule is CCOC(=O)Cc1sc(-c2ccc(OCCCCl)cc2)nc1C. The number of esters is 1. The van der Waals surface area contributed by atoms with Crippen LogP contribution in [0.2, 0.25) is 0 Å². The maximum Gasteiger partial charge on any atom is 0.311 e. The lowest BCUT2D eigenvalue weighted by Crippen LogP contribution is -2.07. The molecule has 2 aromatic rings. The van der Waals surface area contributed by atoms with Crippen molar-refractivity contribution in [2.75, 3.05) is 19.1 Å². The first-order valence-corrected chi connectivity index (χ1v) is 8.90. The smallest absolute Gasteiger partial charge is 0.311 e. The van der Waals surface area contributed by atoms with Crippen LogP contribution in [0.25, 0.3) is 10.6 Å². The van der Waals surface area contributed by atoms with E-state index in [1.165, 1.54) is 11.3 Å². The Balaban J connectivity index is 2.05. The van der Waals surface area contributed by atoms with Crippen molar-refractivity contribution in [3.05, 3.63) is 34.8 Å². The van der Waals surface area contributed by atoms with Gasteiger partial charge in [0.2, 0.25) is 0 Å². The van der Waals surface area contributed by atoms with E-state index in [0.29, 0.717) is 19.1 Å². The molecule has 0 N–H and O–H groups in total. The zero-order chi connectivity index (χ0) is 16.7. The topological polar surface area (TPSA) is 48.4 Å². The summed E-state index contributed by atoms with van der Waals surface area (Å²) in [7, 11) is 0. The third-order valence-electron chi connectivity index (χ3n) is 3.15. The second-order valence-corrected chi connectivity index (χ2v) is 6.39. The highest BCUT2D eigenvalue weighted by Gasteiger charge is 2.13. The van der Waals surface area contributed by atoms with E-state index < -0.39 is 0 Å². The van der Waals surface area contributed by atoms with Gasteiger partial charge in [0.15, 0.2) is 0 Å². The molecule has 0 saturated carbocycles. The van der Waals surface area contributed by atoms with Crippen LogP contribution in [-0.4, -0.2) is 30.0 Å². The fourth-order valence-electron chi connectivity index (χ4n) is 2.00. The fourth-order valence-corrected chi connectivity index (χ4v) is 3.16. The number of aryl methyl sites for hydroxylation is 1. The lowest BCUT2D eigenvalue weighted by Gasteiger charge is -2.05. The van der Waals surface area contributed by atoms with Crippen LogP contribution in [0.3, 0.4) is 0 Å². The lowest BCUT2D eigenvalue weighted by molar-refractivity contribution is -0.142. The van der Waals surface area contributed by atoms with Gasteiger partial charge >= 0.3 is 5.97 Å². The number of carbonyl (C=O) groups excluding carboxylic acids is 1. The summed E-state index contributed by atoms with van der Waals surface area (Å²) in [5.41, 5.74) is 1.89. The number of ether oxygens (including phenoxy) is 2. The number of rotatable bonds is 8. The molecule has 1 aromatic carbocycles. The molecule has 0 fully saturated rings. The van der Waals surface area contributed by atoms with Crippen molar-refractivity contribution in [2.45, 2.75) is 26.7 Å². The second-order valence-electron chi connectivity index (χ2n) is 4.92. The van der Waals surface area contributed by atoms with Gasteiger partial charge in [-0.15, -0.1) is 22.9 Å². The van der Waals surface area contributed by atoms with Crippen LogP contribution in [0.4, 0.5) is 0 Å². The van der Waals surface area contributed by atoms with Crippen molar-refractivity contribution in [2.24, 2.45) is 0 Å². The predicted octanol–water partition coefficient (Wildman–Crippen LogP) is 4.23. The zero-order valence-electron chi connectivity index (χ0n) is 13.3. The minimum absolute atomic E-state index is 0.214. The molecule has 6 heteroatoms. The Kier molecular flexibility index (Phi) is 6.86. The van der Waals surface area contributed by atoms with Gasteiger partial charge < -0.3 is 9.47 Å². The summed E-state index contributed by atoms with van der Waals surface area (Å²) < 4.78 is 10.6. The van der Waals surface area contributed by atoms with Gasteiger partial charge in [-0.2, -0.15) is 0 Å². The third kappa shape index (κ3) is 5.22. The number of thiazole rings is 1. The van der Waals surface area contributed by atoms with Gasteiger partial charge in [0.1, 0.15) is 10.8 Å². The molecule has 0 radical (unpaired) electrons. The van der Waals surface area contributed by atoms with Gasteiger partial charge in [0, 0.05) is 16.3 Å². The summed E-state index contributed by atoms with van der Waals surface area (Å²) in [5.74, 6) is 1.20. The van der Waals surface area contributed by atoms with Crippen molar-refractivity contribution in [1.82, 2.24) is 4.98 Å². The summed E-state index contributed by atoms with van der Waals surface area (Å²) in [6.07, 6.45) is 1.10. The largest absolute Gasteiger partial charge is 0.494 e. The molecule has 4 nitrogen and oxygen atoms in total.